The molecule has 0 radical (unpaired) electrons. The molecule has 0 aliphatic rings. The largest absolute Gasteiger partial charge is 0.477 e. The van der Waals surface area contributed by atoms with E-state index in [0.29, 0.717) is 16.1 Å². The molecule has 4 rings (SSSR count). The predicted octanol–water partition coefficient (Wildman–Crippen LogP) is 4.07. The highest BCUT2D eigenvalue weighted by Gasteiger charge is 2.18. The zero-order valence-corrected chi connectivity index (χ0v) is 15.7. The van der Waals surface area contributed by atoms with Gasteiger partial charge in [-0.15, -0.1) is 11.3 Å². The third-order valence-corrected chi connectivity index (χ3v) is 6.30. The topological polar surface area (TPSA) is 98.8 Å². The second-order valence-corrected chi connectivity index (χ2v) is 8.06. The van der Waals surface area contributed by atoms with Crippen LogP contribution < -0.4 is 5.56 Å². The third-order valence-electron chi connectivity index (χ3n) is 4.18. The number of aryl methyl sites for hydroxylation is 2. The van der Waals surface area contributed by atoms with Crippen LogP contribution in [0, 0.1) is 13.8 Å². The number of carboxylic acid groups (broad SMARTS) is 1. The minimum absolute atomic E-state index is 0.230. The molecule has 1 aromatic carbocycles. The van der Waals surface area contributed by atoms with Gasteiger partial charge in [0.15, 0.2) is 5.16 Å². The highest BCUT2D eigenvalue weighted by Crippen LogP contribution is 2.33. The molecule has 3 N–H and O–H groups in total. The number of carboxylic acids is 1. The molecule has 6 nitrogen and oxygen atoms in total. The van der Waals surface area contributed by atoms with E-state index in [1.807, 2.05) is 25.1 Å². The Morgan fingerprint density at radius 2 is 2.08 bits per heavy atom. The fourth-order valence-corrected chi connectivity index (χ4v) is 4.95. The second kappa shape index (κ2) is 6.30. The van der Waals surface area contributed by atoms with Crippen LogP contribution in [0.2, 0.25) is 0 Å². The maximum atomic E-state index is 12.0. The van der Waals surface area contributed by atoms with Gasteiger partial charge in [0.25, 0.3) is 0 Å². The summed E-state index contributed by atoms with van der Waals surface area (Å²) in [7, 11) is 0. The first-order valence-corrected chi connectivity index (χ1v) is 9.70. The molecule has 0 bridgehead atoms. The zero-order chi connectivity index (χ0) is 18.4. The van der Waals surface area contributed by atoms with E-state index in [4.69, 9.17) is 0 Å². The van der Waals surface area contributed by atoms with Crippen molar-refractivity contribution in [1.82, 2.24) is 15.0 Å². The van der Waals surface area contributed by atoms with Crippen LogP contribution in [-0.2, 0) is 5.75 Å². The SMILES string of the molecule is Cc1ccc2nc(SCc3cc(=O)[nH]c4sc(C(=O)O)c(C)c34)[nH]c2c1. The monoisotopic (exact) mass is 385 g/mol. The molecule has 0 fully saturated rings. The van der Waals surface area contributed by atoms with Crippen LogP contribution in [0.5, 0.6) is 0 Å². The highest BCUT2D eigenvalue weighted by molar-refractivity contribution is 7.98. The Morgan fingerprint density at radius 3 is 2.85 bits per heavy atom. The molecule has 3 aromatic heterocycles. The summed E-state index contributed by atoms with van der Waals surface area (Å²) in [5, 5.41) is 10.9. The molecule has 0 spiro atoms. The number of aromatic carboxylic acids is 1. The molecule has 132 valence electrons. The molecule has 0 saturated heterocycles. The van der Waals surface area contributed by atoms with Crippen molar-refractivity contribution < 1.29 is 9.90 Å². The molecule has 0 aliphatic carbocycles. The van der Waals surface area contributed by atoms with Crippen molar-refractivity contribution in [2.45, 2.75) is 24.8 Å². The second-order valence-electron chi connectivity index (χ2n) is 6.08. The first kappa shape index (κ1) is 16.9. The Morgan fingerprint density at radius 1 is 1.27 bits per heavy atom. The van der Waals surface area contributed by atoms with Gasteiger partial charge in [0.1, 0.15) is 9.71 Å². The first-order chi connectivity index (χ1) is 12.4. The Balaban J connectivity index is 1.71. The van der Waals surface area contributed by atoms with Crippen LogP contribution in [0.25, 0.3) is 21.3 Å². The van der Waals surface area contributed by atoms with Crippen LogP contribution in [0.4, 0.5) is 0 Å². The number of hydrogen-bond acceptors (Lipinski definition) is 5. The van der Waals surface area contributed by atoms with Gasteiger partial charge in [0.05, 0.1) is 11.0 Å². The number of imidazole rings is 1. The maximum Gasteiger partial charge on any atom is 0.346 e. The van der Waals surface area contributed by atoms with E-state index in [-0.39, 0.29) is 10.4 Å². The highest BCUT2D eigenvalue weighted by atomic mass is 32.2. The van der Waals surface area contributed by atoms with Crippen molar-refractivity contribution in [3.8, 4) is 0 Å². The molecule has 8 heteroatoms. The number of nitrogens with one attached hydrogen (secondary N) is 2. The number of benzene rings is 1. The average molecular weight is 385 g/mol. The minimum Gasteiger partial charge on any atom is -0.477 e. The number of rotatable bonds is 4. The summed E-state index contributed by atoms with van der Waals surface area (Å²) < 4.78 is 0. The number of pyridine rings is 1. The van der Waals surface area contributed by atoms with Crippen LogP contribution in [-0.4, -0.2) is 26.0 Å². The van der Waals surface area contributed by atoms with Crippen LogP contribution in [0.15, 0.2) is 34.2 Å². The van der Waals surface area contributed by atoms with Crippen molar-refractivity contribution in [2.75, 3.05) is 0 Å². The number of thioether (sulfide) groups is 1. The Bertz CT molecular complexity index is 1220. The molecule has 0 saturated carbocycles. The van der Waals surface area contributed by atoms with Crippen LogP contribution in [0.3, 0.4) is 0 Å². The van der Waals surface area contributed by atoms with Gasteiger partial charge in [0.2, 0.25) is 5.56 Å². The lowest BCUT2D eigenvalue weighted by atomic mass is 10.1. The molecule has 26 heavy (non-hydrogen) atoms. The van der Waals surface area contributed by atoms with E-state index in [0.717, 1.165) is 44.0 Å². The third kappa shape index (κ3) is 2.91. The number of fused-ring (bicyclic) bond motifs is 2. The molecule has 3 heterocycles. The Labute approximate surface area is 156 Å². The lowest BCUT2D eigenvalue weighted by Gasteiger charge is -2.03. The van der Waals surface area contributed by atoms with E-state index in [1.165, 1.54) is 17.8 Å². The van der Waals surface area contributed by atoms with Gasteiger partial charge in [-0.3, -0.25) is 4.79 Å². The van der Waals surface area contributed by atoms with Gasteiger partial charge in [-0.25, -0.2) is 9.78 Å². The van der Waals surface area contributed by atoms with E-state index >= 15 is 0 Å². The molecule has 0 amide bonds. The van der Waals surface area contributed by atoms with Crippen LogP contribution in [0.1, 0.15) is 26.4 Å². The lowest BCUT2D eigenvalue weighted by molar-refractivity contribution is 0.0701. The summed E-state index contributed by atoms with van der Waals surface area (Å²) >= 11 is 2.59. The number of hydrogen-bond donors (Lipinski definition) is 3. The summed E-state index contributed by atoms with van der Waals surface area (Å²) in [5.74, 6) is -0.452. The standard InChI is InChI=1S/C18H15N3O3S2/c1-8-3-4-11-12(5-8)20-18(19-11)25-7-10-6-13(22)21-16-14(10)9(2)15(26-16)17(23)24/h3-6H,7H2,1-2H3,(H,19,20)(H,21,22)(H,23,24). The van der Waals surface area contributed by atoms with Crippen molar-refractivity contribution in [1.29, 1.82) is 0 Å². The number of carbonyl (C=O) groups is 1. The first-order valence-electron chi connectivity index (χ1n) is 7.90. The van der Waals surface area contributed by atoms with E-state index < -0.39 is 5.97 Å². The van der Waals surface area contributed by atoms with Crippen molar-refractivity contribution >= 4 is 50.3 Å². The van der Waals surface area contributed by atoms with Gasteiger partial charge in [-0.1, -0.05) is 17.8 Å². The predicted molar refractivity (Wildman–Crippen MR) is 105 cm³/mol. The number of nitrogens with zero attached hydrogens (tertiary/aromatic N) is 1. The quantitative estimate of drug-likeness (QED) is 0.460. The maximum absolute atomic E-state index is 12.0. The molecular weight excluding hydrogens is 370 g/mol. The van der Waals surface area contributed by atoms with Gasteiger partial charge in [0, 0.05) is 17.2 Å². The normalized spacial score (nSPS) is 11.5. The zero-order valence-electron chi connectivity index (χ0n) is 14.0. The molecule has 4 aromatic rings. The average Bonchev–Trinajstić information content (AvgIpc) is 3.13. The van der Waals surface area contributed by atoms with E-state index in [9.17, 15) is 14.7 Å². The summed E-state index contributed by atoms with van der Waals surface area (Å²) in [6.07, 6.45) is 0. The van der Waals surface area contributed by atoms with Gasteiger partial charge < -0.3 is 15.1 Å². The summed E-state index contributed by atoms with van der Waals surface area (Å²) in [6, 6.07) is 7.56. The molecule has 0 aliphatic heterocycles. The fourth-order valence-electron chi connectivity index (χ4n) is 3.00. The summed E-state index contributed by atoms with van der Waals surface area (Å²) in [6.45, 7) is 3.80. The Hall–Kier alpha value is -2.58. The smallest absolute Gasteiger partial charge is 0.346 e. The molecule has 0 atom stereocenters. The molecular formula is C18H15N3O3S2. The van der Waals surface area contributed by atoms with Crippen molar-refractivity contribution in [2.24, 2.45) is 0 Å². The summed E-state index contributed by atoms with van der Waals surface area (Å²) in [5.41, 5.74) is 4.30. The fraction of sp³-hybridized carbons (Fsp3) is 0.167. The number of thiophene rings is 1. The van der Waals surface area contributed by atoms with Gasteiger partial charge >= 0.3 is 5.97 Å². The van der Waals surface area contributed by atoms with Crippen molar-refractivity contribution in [3.05, 3.63) is 56.2 Å². The van der Waals surface area contributed by atoms with Gasteiger partial charge in [-0.2, -0.15) is 0 Å². The van der Waals surface area contributed by atoms with Crippen molar-refractivity contribution in [3.63, 3.8) is 0 Å². The minimum atomic E-state index is -0.976. The Kier molecular flexibility index (Phi) is 4.08. The van der Waals surface area contributed by atoms with Gasteiger partial charge in [-0.05, 0) is 42.7 Å². The number of H-pyrrole nitrogens is 2. The van der Waals surface area contributed by atoms with E-state index in [1.54, 1.807) is 6.92 Å². The number of aromatic amines is 2. The molecule has 0 unspecified atom stereocenters. The van der Waals surface area contributed by atoms with E-state index in [2.05, 4.69) is 15.0 Å². The summed E-state index contributed by atoms with van der Waals surface area (Å²) in [4.78, 5) is 34.8. The number of aromatic nitrogens is 3. The lowest BCUT2D eigenvalue weighted by Crippen LogP contribution is -2.05. The van der Waals surface area contributed by atoms with Crippen LogP contribution >= 0.6 is 23.1 Å².